The van der Waals surface area contributed by atoms with Crippen LogP contribution in [-0.2, 0) is 0 Å². The van der Waals surface area contributed by atoms with Crippen molar-refractivity contribution < 1.29 is 0 Å². The Morgan fingerprint density at radius 3 is 2.77 bits per heavy atom. The molecule has 1 aromatic carbocycles. The Bertz CT molecular complexity index is 360. The van der Waals surface area contributed by atoms with Gasteiger partial charge in [0.05, 0.1) is 0 Å². The fourth-order valence-corrected chi connectivity index (χ4v) is 1.15. The first-order valence-corrected chi connectivity index (χ1v) is 4.49. The van der Waals surface area contributed by atoms with Crippen LogP contribution in [0.4, 0.5) is 0 Å². The van der Waals surface area contributed by atoms with Crippen molar-refractivity contribution in [3.8, 4) is 0 Å². The number of aliphatic imine (C=N–C) groups is 1. The minimum absolute atomic E-state index is 0.0269. The molecule has 0 radical (unpaired) electrons. The molecule has 0 saturated carbocycles. The molecule has 0 atom stereocenters. The highest BCUT2D eigenvalue weighted by Gasteiger charge is 1.98. The number of benzene rings is 1. The molecule has 68 valence electrons. The average Bonchev–Trinajstić information content (AvgIpc) is 2.03. The molecule has 0 saturated heterocycles. The van der Waals surface area contributed by atoms with E-state index in [0.717, 1.165) is 11.1 Å². The lowest BCUT2D eigenvalue weighted by molar-refractivity contribution is 1.44. The van der Waals surface area contributed by atoms with E-state index in [1.54, 1.807) is 0 Å². The second-order valence-corrected chi connectivity index (χ2v) is 3.59. The highest BCUT2D eigenvalue weighted by molar-refractivity contribution is 7.83. The van der Waals surface area contributed by atoms with Crippen LogP contribution in [0.2, 0.25) is 0 Å². The Labute approximate surface area is 87.4 Å². The smallest absolute Gasteiger partial charge is 0.195 e. The van der Waals surface area contributed by atoms with Crippen LogP contribution in [0.3, 0.4) is 0 Å². The summed E-state index contributed by atoms with van der Waals surface area (Å²) >= 11 is 10.0. The maximum absolute atomic E-state index is 5.64. The number of halogens is 1. The van der Waals surface area contributed by atoms with Gasteiger partial charge in [-0.1, -0.05) is 23.8 Å². The van der Waals surface area contributed by atoms with Gasteiger partial charge in [-0.25, -0.2) is 4.99 Å². The van der Waals surface area contributed by atoms with E-state index in [1.165, 1.54) is 0 Å². The fraction of sp³-hybridized carbons (Fsp3) is 0.111. The van der Waals surface area contributed by atoms with Crippen molar-refractivity contribution in [1.82, 2.24) is 0 Å². The molecule has 2 N–H and O–H groups in total. The summed E-state index contributed by atoms with van der Waals surface area (Å²) in [7, 11) is 0. The minimum Gasteiger partial charge on any atom is -0.383 e. The van der Waals surface area contributed by atoms with Crippen molar-refractivity contribution in [2.75, 3.05) is 0 Å². The van der Waals surface area contributed by atoms with Crippen molar-refractivity contribution in [3.05, 3.63) is 35.4 Å². The monoisotopic (exact) mass is 212 g/mol. The normalized spacial score (nSPS) is 11.4. The lowest BCUT2D eigenvalue weighted by atomic mass is 10.1. The maximum Gasteiger partial charge on any atom is 0.195 e. The number of thiocarbonyl (C=S) groups is 1. The van der Waals surface area contributed by atoms with Crippen LogP contribution in [0.1, 0.15) is 11.1 Å². The number of aryl methyl sites for hydroxylation is 1. The molecule has 0 aliphatic heterocycles. The van der Waals surface area contributed by atoms with Crippen LogP contribution >= 0.6 is 23.8 Å². The molecule has 2 nitrogen and oxygen atoms in total. The molecule has 0 spiro atoms. The summed E-state index contributed by atoms with van der Waals surface area (Å²) in [5.74, 6) is 0.351. The van der Waals surface area contributed by atoms with Crippen molar-refractivity contribution >= 4 is 34.1 Å². The highest BCUT2D eigenvalue weighted by atomic mass is 35.5. The van der Waals surface area contributed by atoms with Crippen molar-refractivity contribution in [2.45, 2.75) is 6.92 Å². The van der Waals surface area contributed by atoms with Crippen molar-refractivity contribution in [1.29, 1.82) is 0 Å². The van der Waals surface area contributed by atoms with Gasteiger partial charge in [-0.05, 0) is 36.8 Å². The van der Waals surface area contributed by atoms with E-state index in [2.05, 4.69) is 17.2 Å². The van der Waals surface area contributed by atoms with E-state index in [4.69, 9.17) is 17.3 Å². The van der Waals surface area contributed by atoms with Gasteiger partial charge < -0.3 is 5.73 Å². The second-order valence-electron chi connectivity index (χ2n) is 2.62. The van der Waals surface area contributed by atoms with Crippen LogP contribution < -0.4 is 5.73 Å². The molecule has 0 unspecified atom stereocenters. The molecule has 0 amide bonds. The van der Waals surface area contributed by atoms with Crippen molar-refractivity contribution in [2.24, 2.45) is 10.7 Å². The van der Waals surface area contributed by atoms with Gasteiger partial charge in [0.2, 0.25) is 0 Å². The number of hydrogen-bond donors (Lipinski definition) is 1. The third kappa shape index (κ3) is 3.13. The Hall–Kier alpha value is -0.930. The predicted octanol–water partition coefficient (Wildman–Crippen LogP) is 2.22. The first kappa shape index (κ1) is 10.2. The summed E-state index contributed by atoms with van der Waals surface area (Å²) in [6, 6.07) is 7.68. The summed E-state index contributed by atoms with van der Waals surface area (Å²) in [5.41, 5.74) is 7.60. The zero-order chi connectivity index (χ0) is 9.84. The van der Waals surface area contributed by atoms with Gasteiger partial charge in [-0.15, -0.1) is 0 Å². The van der Waals surface area contributed by atoms with Crippen LogP contribution in [0.5, 0.6) is 0 Å². The molecule has 0 fully saturated rings. The molecular formula is C9H9ClN2S. The summed E-state index contributed by atoms with van der Waals surface area (Å²) < 4.78 is 0.0269. The highest BCUT2D eigenvalue weighted by Crippen LogP contribution is 2.04. The summed E-state index contributed by atoms with van der Waals surface area (Å²) in [6.45, 7) is 1.98. The van der Waals surface area contributed by atoms with Gasteiger partial charge in [-0.2, -0.15) is 0 Å². The van der Waals surface area contributed by atoms with E-state index in [-0.39, 0.29) is 4.45 Å². The van der Waals surface area contributed by atoms with E-state index in [9.17, 15) is 0 Å². The van der Waals surface area contributed by atoms with E-state index >= 15 is 0 Å². The molecule has 0 aromatic heterocycles. The largest absolute Gasteiger partial charge is 0.383 e. The number of amidine groups is 1. The zero-order valence-corrected chi connectivity index (χ0v) is 8.69. The van der Waals surface area contributed by atoms with E-state index in [1.807, 2.05) is 31.2 Å². The molecule has 0 aliphatic carbocycles. The fourth-order valence-electron chi connectivity index (χ4n) is 0.964. The van der Waals surface area contributed by atoms with Gasteiger partial charge in [0.15, 0.2) is 4.45 Å². The summed E-state index contributed by atoms with van der Waals surface area (Å²) in [4.78, 5) is 3.78. The molecule has 13 heavy (non-hydrogen) atoms. The van der Waals surface area contributed by atoms with Crippen LogP contribution in [0, 0.1) is 6.92 Å². The number of nitrogens with zero attached hydrogens (tertiary/aromatic N) is 1. The first-order valence-electron chi connectivity index (χ1n) is 3.70. The maximum atomic E-state index is 5.64. The van der Waals surface area contributed by atoms with Gasteiger partial charge >= 0.3 is 0 Å². The third-order valence-corrected chi connectivity index (χ3v) is 1.70. The van der Waals surface area contributed by atoms with Crippen LogP contribution in [0.25, 0.3) is 0 Å². The van der Waals surface area contributed by atoms with Gasteiger partial charge in [0, 0.05) is 5.56 Å². The van der Waals surface area contributed by atoms with Gasteiger partial charge in [-0.3, -0.25) is 0 Å². The lowest BCUT2D eigenvalue weighted by Gasteiger charge is -2.00. The predicted molar refractivity (Wildman–Crippen MR) is 60.4 cm³/mol. The van der Waals surface area contributed by atoms with Crippen LogP contribution in [0.15, 0.2) is 29.3 Å². The number of hydrogen-bond acceptors (Lipinski definition) is 1. The molecule has 0 aliphatic rings. The second kappa shape index (κ2) is 4.35. The Morgan fingerprint density at radius 1 is 1.54 bits per heavy atom. The Kier molecular flexibility index (Phi) is 3.39. The van der Waals surface area contributed by atoms with E-state index < -0.39 is 0 Å². The molecule has 1 rings (SSSR count). The Balaban J connectivity index is 3.02. The lowest BCUT2D eigenvalue weighted by Crippen LogP contribution is -2.14. The quantitative estimate of drug-likeness (QED) is 0.255. The molecule has 0 bridgehead atoms. The van der Waals surface area contributed by atoms with Gasteiger partial charge in [0.25, 0.3) is 0 Å². The average molecular weight is 213 g/mol. The molecule has 4 heteroatoms. The Morgan fingerprint density at radius 2 is 2.23 bits per heavy atom. The standard InChI is InChI=1S/C9H9ClN2S/c1-6-3-2-4-7(5-6)8(11)12-9(10)13/h2-5H,1H3,(H2,11,12,13). The minimum atomic E-state index is 0.0269. The third-order valence-electron chi connectivity index (χ3n) is 1.52. The number of nitrogens with two attached hydrogens (primary N) is 1. The van der Waals surface area contributed by atoms with Gasteiger partial charge in [0.1, 0.15) is 5.84 Å². The summed E-state index contributed by atoms with van der Waals surface area (Å²) in [5, 5.41) is 0. The van der Waals surface area contributed by atoms with Crippen molar-refractivity contribution in [3.63, 3.8) is 0 Å². The molecule has 0 heterocycles. The zero-order valence-electron chi connectivity index (χ0n) is 7.12. The molecule has 1 aromatic rings. The van der Waals surface area contributed by atoms with Crippen LogP contribution in [-0.4, -0.2) is 10.3 Å². The number of rotatable bonds is 1. The van der Waals surface area contributed by atoms with E-state index in [0.29, 0.717) is 5.84 Å². The SMILES string of the molecule is Cc1cccc(/C(N)=N/C(=S)Cl)c1. The molecular weight excluding hydrogens is 204 g/mol. The topological polar surface area (TPSA) is 38.4 Å². The summed E-state index contributed by atoms with van der Waals surface area (Å²) in [6.07, 6.45) is 0. The first-order chi connectivity index (χ1) is 6.09.